The van der Waals surface area contributed by atoms with Crippen molar-refractivity contribution >= 4 is 5.91 Å². The second kappa shape index (κ2) is 4.70. The molecule has 0 aliphatic carbocycles. The summed E-state index contributed by atoms with van der Waals surface area (Å²) in [7, 11) is 0. The Hall–Kier alpha value is -1.25. The van der Waals surface area contributed by atoms with Crippen LogP contribution in [-0.2, 0) is 6.42 Å². The van der Waals surface area contributed by atoms with E-state index in [0.717, 1.165) is 18.6 Å². The first-order valence-electron chi connectivity index (χ1n) is 4.64. The molecule has 0 unspecified atom stereocenters. The summed E-state index contributed by atoms with van der Waals surface area (Å²) < 4.78 is 5.15. The lowest BCUT2D eigenvalue weighted by Gasteiger charge is -2.01. The molecule has 3 heteroatoms. The topological polar surface area (TPSA) is 42.2 Å². The number of aryl methyl sites for hydroxylation is 1. The fourth-order valence-corrected chi connectivity index (χ4v) is 1.15. The fourth-order valence-electron chi connectivity index (χ4n) is 1.15. The molecule has 1 amide bonds. The number of hydrogen-bond donors (Lipinski definition) is 1. The van der Waals surface area contributed by atoms with Gasteiger partial charge in [0.2, 0.25) is 0 Å². The van der Waals surface area contributed by atoms with Crippen molar-refractivity contribution in [2.45, 2.75) is 26.7 Å². The fraction of sp³-hybridized carbons (Fsp3) is 0.500. The molecule has 0 aliphatic heterocycles. The maximum absolute atomic E-state index is 11.5. The third-order valence-corrected chi connectivity index (χ3v) is 1.85. The third kappa shape index (κ3) is 2.34. The average molecular weight is 181 g/mol. The second-order valence-corrected chi connectivity index (χ2v) is 2.87. The van der Waals surface area contributed by atoms with Crippen LogP contribution in [0.1, 0.15) is 36.4 Å². The zero-order chi connectivity index (χ0) is 9.68. The lowest BCUT2D eigenvalue weighted by Crippen LogP contribution is -2.24. The number of carbonyl (C=O) groups excluding carboxylic acids is 1. The van der Waals surface area contributed by atoms with E-state index in [4.69, 9.17) is 4.42 Å². The summed E-state index contributed by atoms with van der Waals surface area (Å²) in [5.41, 5.74) is 0.663. The van der Waals surface area contributed by atoms with E-state index in [1.807, 2.05) is 13.8 Å². The number of nitrogens with one attached hydrogen (secondary N) is 1. The van der Waals surface area contributed by atoms with Crippen LogP contribution < -0.4 is 5.32 Å². The molecule has 72 valence electrons. The first kappa shape index (κ1) is 9.84. The van der Waals surface area contributed by atoms with Crippen LogP contribution in [0, 0.1) is 0 Å². The quantitative estimate of drug-likeness (QED) is 0.771. The van der Waals surface area contributed by atoms with Gasteiger partial charge in [-0.2, -0.15) is 0 Å². The van der Waals surface area contributed by atoms with Gasteiger partial charge in [0, 0.05) is 13.0 Å². The van der Waals surface area contributed by atoms with Crippen molar-refractivity contribution in [1.29, 1.82) is 0 Å². The van der Waals surface area contributed by atoms with Gasteiger partial charge in [-0.25, -0.2) is 0 Å². The van der Waals surface area contributed by atoms with Crippen LogP contribution in [0.25, 0.3) is 0 Å². The van der Waals surface area contributed by atoms with Crippen LogP contribution in [0.5, 0.6) is 0 Å². The third-order valence-electron chi connectivity index (χ3n) is 1.85. The molecule has 1 heterocycles. The Morgan fingerprint density at radius 1 is 1.54 bits per heavy atom. The summed E-state index contributed by atoms with van der Waals surface area (Å²) >= 11 is 0. The highest BCUT2D eigenvalue weighted by Crippen LogP contribution is 2.10. The molecule has 3 nitrogen and oxygen atoms in total. The SMILES string of the molecule is CCCNC(=O)c1ccoc1CC. The normalized spacial score (nSPS) is 10.0. The van der Waals surface area contributed by atoms with Crippen molar-refractivity contribution in [2.24, 2.45) is 0 Å². The van der Waals surface area contributed by atoms with E-state index in [0.29, 0.717) is 12.1 Å². The van der Waals surface area contributed by atoms with Crippen molar-refractivity contribution in [1.82, 2.24) is 5.32 Å². The van der Waals surface area contributed by atoms with Gasteiger partial charge >= 0.3 is 0 Å². The molecule has 1 rings (SSSR count). The highest BCUT2D eigenvalue weighted by Gasteiger charge is 2.11. The van der Waals surface area contributed by atoms with Gasteiger partial charge in [0.15, 0.2) is 0 Å². The molecular weight excluding hydrogens is 166 g/mol. The summed E-state index contributed by atoms with van der Waals surface area (Å²) in [6.07, 6.45) is 3.26. The second-order valence-electron chi connectivity index (χ2n) is 2.87. The highest BCUT2D eigenvalue weighted by molar-refractivity contribution is 5.95. The summed E-state index contributed by atoms with van der Waals surface area (Å²) in [4.78, 5) is 11.5. The number of furan rings is 1. The number of amides is 1. The molecule has 0 saturated carbocycles. The Bertz CT molecular complexity index is 278. The summed E-state index contributed by atoms with van der Waals surface area (Å²) in [6.45, 7) is 4.71. The Morgan fingerprint density at radius 3 is 2.92 bits per heavy atom. The Kier molecular flexibility index (Phi) is 3.55. The average Bonchev–Trinajstić information content (AvgIpc) is 2.61. The minimum Gasteiger partial charge on any atom is -0.469 e. The highest BCUT2D eigenvalue weighted by atomic mass is 16.3. The Morgan fingerprint density at radius 2 is 2.31 bits per heavy atom. The van der Waals surface area contributed by atoms with E-state index in [9.17, 15) is 4.79 Å². The molecule has 0 fully saturated rings. The van der Waals surface area contributed by atoms with Crippen LogP contribution in [-0.4, -0.2) is 12.5 Å². The first-order chi connectivity index (χ1) is 6.29. The van der Waals surface area contributed by atoms with Crippen molar-refractivity contribution in [3.8, 4) is 0 Å². The molecule has 1 aromatic heterocycles. The smallest absolute Gasteiger partial charge is 0.254 e. The zero-order valence-corrected chi connectivity index (χ0v) is 8.09. The molecule has 1 N–H and O–H groups in total. The van der Waals surface area contributed by atoms with Gasteiger partial charge in [-0.15, -0.1) is 0 Å². The largest absolute Gasteiger partial charge is 0.469 e. The molecule has 13 heavy (non-hydrogen) atoms. The van der Waals surface area contributed by atoms with E-state index in [1.54, 1.807) is 12.3 Å². The van der Waals surface area contributed by atoms with E-state index < -0.39 is 0 Å². The van der Waals surface area contributed by atoms with Gasteiger partial charge in [0.25, 0.3) is 5.91 Å². The molecule has 0 radical (unpaired) electrons. The van der Waals surface area contributed by atoms with Crippen LogP contribution in [0.3, 0.4) is 0 Å². The predicted molar refractivity (Wildman–Crippen MR) is 50.7 cm³/mol. The van der Waals surface area contributed by atoms with Gasteiger partial charge < -0.3 is 9.73 Å². The molecule has 0 aliphatic rings. The van der Waals surface area contributed by atoms with E-state index in [2.05, 4.69) is 5.32 Å². The van der Waals surface area contributed by atoms with E-state index in [-0.39, 0.29) is 5.91 Å². The predicted octanol–water partition coefficient (Wildman–Crippen LogP) is 1.98. The van der Waals surface area contributed by atoms with Crippen molar-refractivity contribution in [2.75, 3.05) is 6.54 Å². The van der Waals surface area contributed by atoms with Gasteiger partial charge in [-0.3, -0.25) is 4.79 Å². The minimum atomic E-state index is -0.0348. The van der Waals surface area contributed by atoms with Gasteiger partial charge in [-0.1, -0.05) is 13.8 Å². The van der Waals surface area contributed by atoms with Crippen molar-refractivity contribution in [3.05, 3.63) is 23.7 Å². The molecule has 0 bridgehead atoms. The first-order valence-corrected chi connectivity index (χ1v) is 4.64. The molecule has 0 aromatic carbocycles. The summed E-state index contributed by atoms with van der Waals surface area (Å²) in [6, 6.07) is 1.71. The zero-order valence-electron chi connectivity index (χ0n) is 8.09. The lowest BCUT2D eigenvalue weighted by atomic mass is 10.2. The van der Waals surface area contributed by atoms with E-state index >= 15 is 0 Å². The maximum atomic E-state index is 11.5. The Labute approximate surface area is 78.1 Å². The molecule has 0 saturated heterocycles. The standard InChI is InChI=1S/C10H15NO2/c1-3-6-11-10(12)8-5-7-13-9(8)4-2/h5,7H,3-4,6H2,1-2H3,(H,11,12). The number of rotatable bonds is 4. The van der Waals surface area contributed by atoms with Crippen molar-refractivity contribution in [3.63, 3.8) is 0 Å². The molecule has 0 atom stereocenters. The van der Waals surface area contributed by atoms with Crippen LogP contribution >= 0.6 is 0 Å². The van der Waals surface area contributed by atoms with Gasteiger partial charge in [0.05, 0.1) is 11.8 Å². The van der Waals surface area contributed by atoms with Gasteiger partial charge in [0.1, 0.15) is 5.76 Å². The van der Waals surface area contributed by atoms with Crippen LogP contribution in [0.15, 0.2) is 16.7 Å². The lowest BCUT2D eigenvalue weighted by molar-refractivity contribution is 0.0951. The van der Waals surface area contributed by atoms with E-state index in [1.165, 1.54) is 0 Å². The minimum absolute atomic E-state index is 0.0348. The van der Waals surface area contributed by atoms with Crippen molar-refractivity contribution < 1.29 is 9.21 Å². The molecular formula is C10H15NO2. The van der Waals surface area contributed by atoms with Crippen LogP contribution in [0.2, 0.25) is 0 Å². The summed E-state index contributed by atoms with van der Waals surface area (Å²) in [5.74, 6) is 0.723. The summed E-state index contributed by atoms with van der Waals surface area (Å²) in [5, 5.41) is 2.81. The Balaban J connectivity index is 2.65. The monoisotopic (exact) mass is 181 g/mol. The van der Waals surface area contributed by atoms with Crippen LogP contribution in [0.4, 0.5) is 0 Å². The maximum Gasteiger partial charge on any atom is 0.254 e. The van der Waals surface area contributed by atoms with Gasteiger partial charge in [-0.05, 0) is 12.5 Å². The molecule has 1 aromatic rings. The number of hydrogen-bond acceptors (Lipinski definition) is 2. The molecule has 0 spiro atoms. The number of carbonyl (C=O) groups is 1.